The molecule has 2 aromatic rings. The van der Waals surface area contributed by atoms with E-state index in [2.05, 4.69) is 15.3 Å². The Morgan fingerprint density at radius 3 is 2.89 bits per heavy atom. The molecule has 0 radical (unpaired) electrons. The van der Waals surface area contributed by atoms with Crippen LogP contribution in [-0.4, -0.2) is 49.0 Å². The molecule has 0 saturated carbocycles. The Bertz CT molecular complexity index is 822. The fourth-order valence-corrected chi connectivity index (χ4v) is 3.47. The summed E-state index contributed by atoms with van der Waals surface area (Å²) >= 11 is 0. The van der Waals surface area contributed by atoms with Gasteiger partial charge in [-0.05, 0) is 24.8 Å². The molecule has 1 N–H and O–H groups in total. The minimum absolute atomic E-state index is 0.0666. The summed E-state index contributed by atoms with van der Waals surface area (Å²) in [5.74, 6) is 0.00854. The number of methoxy groups -OCH3 is 1. The first kappa shape index (κ1) is 20.1. The quantitative estimate of drug-likeness (QED) is 0.701. The number of nitrogens with zero attached hydrogens (tertiary/aromatic N) is 3. The van der Waals surface area contributed by atoms with Gasteiger partial charge in [-0.3, -0.25) is 9.59 Å². The van der Waals surface area contributed by atoms with E-state index < -0.39 is 0 Å². The van der Waals surface area contributed by atoms with Crippen molar-refractivity contribution < 1.29 is 9.53 Å². The van der Waals surface area contributed by atoms with Crippen LogP contribution in [0.25, 0.3) is 0 Å². The maximum absolute atomic E-state index is 12.5. The average molecular weight is 384 g/mol. The van der Waals surface area contributed by atoms with Crippen LogP contribution in [0.5, 0.6) is 0 Å². The van der Waals surface area contributed by atoms with E-state index in [1.54, 1.807) is 19.4 Å². The van der Waals surface area contributed by atoms with Crippen LogP contribution in [0.1, 0.15) is 24.8 Å². The van der Waals surface area contributed by atoms with E-state index in [0.29, 0.717) is 26.2 Å². The zero-order valence-corrected chi connectivity index (χ0v) is 16.3. The van der Waals surface area contributed by atoms with E-state index in [1.165, 1.54) is 4.68 Å². The Balaban J connectivity index is 1.60. The third-order valence-corrected chi connectivity index (χ3v) is 5.01. The number of carbonyl (C=O) groups is 1. The number of rotatable bonds is 8. The van der Waals surface area contributed by atoms with E-state index >= 15 is 0 Å². The number of nitrogens with one attached hydrogen (secondary N) is 1. The topological polar surface area (TPSA) is 76.5 Å². The van der Waals surface area contributed by atoms with E-state index in [9.17, 15) is 9.59 Å². The van der Waals surface area contributed by atoms with Gasteiger partial charge in [-0.15, -0.1) is 0 Å². The van der Waals surface area contributed by atoms with Gasteiger partial charge in [0.1, 0.15) is 0 Å². The van der Waals surface area contributed by atoms with Crippen molar-refractivity contribution in [3.63, 3.8) is 0 Å². The molecule has 3 rings (SSSR count). The Kier molecular flexibility index (Phi) is 7.19. The number of amides is 1. The third kappa shape index (κ3) is 5.42. The Morgan fingerprint density at radius 2 is 2.14 bits per heavy atom. The number of benzene rings is 1. The largest absolute Gasteiger partial charge is 0.385 e. The van der Waals surface area contributed by atoms with Crippen molar-refractivity contribution in [3.05, 3.63) is 58.5 Å². The second kappa shape index (κ2) is 10.0. The van der Waals surface area contributed by atoms with Crippen molar-refractivity contribution >= 4 is 11.6 Å². The molecule has 1 aliphatic rings. The average Bonchev–Trinajstić information content (AvgIpc) is 2.73. The predicted octanol–water partition coefficient (Wildman–Crippen LogP) is 1.66. The summed E-state index contributed by atoms with van der Waals surface area (Å²) in [5, 5.41) is 7.32. The van der Waals surface area contributed by atoms with Crippen LogP contribution in [0.4, 0.5) is 5.69 Å². The van der Waals surface area contributed by atoms with Crippen LogP contribution in [0.3, 0.4) is 0 Å². The fraction of sp³-hybridized carbons (Fsp3) is 0.476. The molecule has 1 atom stereocenters. The van der Waals surface area contributed by atoms with Crippen molar-refractivity contribution in [2.75, 3.05) is 38.3 Å². The van der Waals surface area contributed by atoms with Gasteiger partial charge in [-0.25, -0.2) is 4.68 Å². The molecule has 1 amide bonds. The van der Waals surface area contributed by atoms with Crippen LogP contribution in [0, 0.1) is 5.92 Å². The van der Waals surface area contributed by atoms with Crippen LogP contribution in [0.15, 0.2) is 47.4 Å². The van der Waals surface area contributed by atoms with Gasteiger partial charge in [0.2, 0.25) is 5.91 Å². The number of carbonyl (C=O) groups excluding carboxylic acids is 1. The summed E-state index contributed by atoms with van der Waals surface area (Å²) in [4.78, 5) is 27.0. The van der Waals surface area contributed by atoms with Crippen molar-refractivity contribution in [1.82, 2.24) is 15.1 Å². The number of hydrogen-bond donors (Lipinski definition) is 1. The smallest absolute Gasteiger partial charge is 0.269 e. The van der Waals surface area contributed by atoms with E-state index in [0.717, 1.165) is 37.1 Å². The van der Waals surface area contributed by atoms with Gasteiger partial charge in [0.15, 0.2) is 0 Å². The number of aromatic nitrogens is 2. The van der Waals surface area contributed by atoms with E-state index in [1.807, 2.05) is 30.3 Å². The van der Waals surface area contributed by atoms with Gasteiger partial charge in [0, 0.05) is 39.4 Å². The lowest BCUT2D eigenvalue weighted by Gasteiger charge is -2.33. The molecule has 1 fully saturated rings. The molecule has 28 heavy (non-hydrogen) atoms. The van der Waals surface area contributed by atoms with Crippen LogP contribution in [0.2, 0.25) is 0 Å². The number of anilines is 1. The molecule has 1 aliphatic heterocycles. The molecular weight excluding hydrogens is 356 g/mol. The molecule has 150 valence electrons. The SMILES string of the molecule is COCCCNC(=O)[C@@H]1CCCN(c2cnn(Cc3ccccc3)c(=O)c2)C1. The van der Waals surface area contributed by atoms with E-state index in [-0.39, 0.29) is 17.4 Å². The standard InChI is InChI=1S/C21H28N4O3/c1-28-12-6-10-22-21(27)18-9-5-11-24(16-18)19-13-20(26)25(23-14-19)15-17-7-3-2-4-8-17/h2-4,7-8,13-14,18H,5-6,9-12,15-16H2,1H3,(H,22,27)/t18-/m1/s1. The summed E-state index contributed by atoms with van der Waals surface area (Å²) in [6.45, 7) is 3.16. The summed E-state index contributed by atoms with van der Waals surface area (Å²) in [6.07, 6.45) is 4.32. The maximum Gasteiger partial charge on any atom is 0.269 e. The van der Waals surface area contributed by atoms with Gasteiger partial charge < -0.3 is 15.0 Å². The highest BCUT2D eigenvalue weighted by Crippen LogP contribution is 2.21. The second-order valence-corrected chi connectivity index (χ2v) is 7.12. The molecule has 1 aromatic heterocycles. The summed E-state index contributed by atoms with van der Waals surface area (Å²) in [7, 11) is 1.66. The summed E-state index contributed by atoms with van der Waals surface area (Å²) < 4.78 is 6.47. The lowest BCUT2D eigenvalue weighted by Crippen LogP contribution is -2.44. The molecule has 7 nitrogen and oxygen atoms in total. The normalized spacial score (nSPS) is 16.8. The molecule has 1 aromatic carbocycles. The Hall–Kier alpha value is -2.67. The first-order chi connectivity index (χ1) is 13.7. The molecule has 1 saturated heterocycles. The Labute approximate surface area is 165 Å². The molecule has 0 bridgehead atoms. The van der Waals surface area contributed by atoms with Gasteiger partial charge in [0.05, 0.1) is 24.3 Å². The number of piperidine rings is 1. The van der Waals surface area contributed by atoms with E-state index in [4.69, 9.17) is 4.74 Å². The van der Waals surface area contributed by atoms with Crippen molar-refractivity contribution in [2.45, 2.75) is 25.8 Å². The molecular formula is C21H28N4O3. The number of hydrogen-bond acceptors (Lipinski definition) is 5. The Morgan fingerprint density at radius 1 is 1.32 bits per heavy atom. The molecule has 0 unspecified atom stereocenters. The molecule has 7 heteroatoms. The first-order valence-electron chi connectivity index (χ1n) is 9.80. The summed E-state index contributed by atoms with van der Waals surface area (Å²) in [5.41, 5.74) is 1.69. The first-order valence-corrected chi connectivity index (χ1v) is 9.80. The predicted molar refractivity (Wildman–Crippen MR) is 108 cm³/mol. The lowest BCUT2D eigenvalue weighted by atomic mass is 9.97. The summed E-state index contributed by atoms with van der Waals surface area (Å²) in [6, 6.07) is 11.4. The van der Waals surface area contributed by atoms with Gasteiger partial charge in [-0.1, -0.05) is 30.3 Å². The van der Waals surface area contributed by atoms with Crippen LogP contribution < -0.4 is 15.8 Å². The second-order valence-electron chi connectivity index (χ2n) is 7.12. The van der Waals surface area contributed by atoms with Crippen LogP contribution in [-0.2, 0) is 16.1 Å². The zero-order valence-electron chi connectivity index (χ0n) is 16.3. The third-order valence-electron chi connectivity index (χ3n) is 5.01. The minimum Gasteiger partial charge on any atom is -0.385 e. The monoisotopic (exact) mass is 384 g/mol. The fourth-order valence-electron chi connectivity index (χ4n) is 3.47. The molecule has 2 heterocycles. The minimum atomic E-state index is -0.132. The van der Waals surface area contributed by atoms with Crippen LogP contribution >= 0.6 is 0 Å². The lowest BCUT2D eigenvalue weighted by molar-refractivity contribution is -0.125. The highest BCUT2D eigenvalue weighted by atomic mass is 16.5. The maximum atomic E-state index is 12.5. The highest BCUT2D eigenvalue weighted by Gasteiger charge is 2.26. The van der Waals surface area contributed by atoms with Crippen molar-refractivity contribution in [1.29, 1.82) is 0 Å². The number of ether oxygens (including phenoxy) is 1. The van der Waals surface area contributed by atoms with Crippen molar-refractivity contribution in [2.24, 2.45) is 5.92 Å². The highest BCUT2D eigenvalue weighted by molar-refractivity contribution is 5.79. The molecule has 0 aliphatic carbocycles. The van der Waals surface area contributed by atoms with Gasteiger partial charge in [0.25, 0.3) is 5.56 Å². The zero-order chi connectivity index (χ0) is 19.8. The van der Waals surface area contributed by atoms with Crippen molar-refractivity contribution in [3.8, 4) is 0 Å². The van der Waals surface area contributed by atoms with Gasteiger partial charge >= 0.3 is 0 Å². The molecule has 0 spiro atoms. The van der Waals surface area contributed by atoms with Gasteiger partial charge in [-0.2, -0.15) is 5.10 Å².